The summed E-state index contributed by atoms with van der Waals surface area (Å²) in [5.41, 5.74) is 6.32. The second-order valence-electron chi connectivity index (χ2n) is 4.78. The first kappa shape index (κ1) is 13.9. The minimum absolute atomic E-state index is 0.397. The van der Waals surface area contributed by atoms with Crippen LogP contribution >= 0.6 is 0 Å². The van der Waals surface area contributed by atoms with E-state index in [1.54, 1.807) is 0 Å². The molecule has 0 spiro atoms. The molecule has 0 aliphatic carbocycles. The van der Waals surface area contributed by atoms with Gasteiger partial charge in [-0.25, -0.2) is 0 Å². The van der Waals surface area contributed by atoms with Crippen LogP contribution in [0.4, 0.5) is 0 Å². The molecule has 0 saturated carbocycles. The zero-order valence-electron chi connectivity index (χ0n) is 11.4. The molecule has 19 heavy (non-hydrogen) atoms. The molecular formula is C16H22N2O. The van der Waals surface area contributed by atoms with E-state index in [-0.39, 0.29) is 0 Å². The maximum absolute atomic E-state index is 5.75. The van der Waals surface area contributed by atoms with Crippen LogP contribution < -0.4 is 10.5 Å². The van der Waals surface area contributed by atoms with Gasteiger partial charge in [0, 0.05) is 12.1 Å². The van der Waals surface area contributed by atoms with E-state index in [9.17, 15) is 0 Å². The standard InChI is InChI=1S/C16H22N2O/c17-10-4-5-15-6-8-16(9-7-15)19-14-13-18-11-2-1-3-12-18/h6-9H,1-3,10-14,17H2. The van der Waals surface area contributed by atoms with Crippen LogP contribution in [0.25, 0.3) is 0 Å². The van der Waals surface area contributed by atoms with Gasteiger partial charge in [0.2, 0.25) is 0 Å². The number of benzene rings is 1. The normalized spacial score (nSPS) is 15.6. The first-order valence-electron chi connectivity index (χ1n) is 7.02. The highest BCUT2D eigenvalue weighted by atomic mass is 16.5. The molecule has 0 atom stereocenters. The molecule has 0 radical (unpaired) electrons. The first-order chi connectivity index (χ1) is 9.38. The monoisotopic (exact) mass is 258 g/mol. The van der Waals surface area contributed by atoms with Crippen molar-refractivity contribution < 1.29 is 4.74 Å². The van der Waals surface area contributed by atoms with Gasteiger partial charge in [-0.05, 0) is 50.2 Å². The van der Waals surface area contributed by atoms with Crippen molar-refractivity contribution in [1.29, 1.82) is 0 Å². The van der Waals surface area contributed by atoms with E-state index in [2.05, 4.69) is 16.7 Å². The third-order valence-electron chi connectivity index (χ3n) is 3.31. The second kappa shape index (κ2) is 7.83. The Morgan fingerprint density at radius 1 is 1.11 bits per heavy atom. The fraction of sp³-hybridized carbons (Fsp3) is 0.500. The lowest BCUT2D eigenvalue weighted by Gasteiger charge is -2.26. The molecule has 1 saturated heterocycles. The Balaban J connectivity index is 1.73. The van der Waals surface area contributed by atoms with Gasteiger partial charge in [0.25, 0.3) is 0 Å². The van der Waals surface area contributed by atoms with E-state index in [4.69, 9.17) is 10.5 Å². The maximum Gasteiger partial charge on any atom is 0.119 e. The van der Waals surface area contributed by atoms with Gasteiger partial charge in [0.1, 0.15) is 12.4 Å². The molecule has 102 valence electrons. The Morgan fingerprint density at radius 2 is 1.84 bits per heavy atom. The van der Waals surface area contributed by atoms with Gasteiger partial charge in [0.15, 0.2) is 0 Å². The predicted octanol–water partition coefficient (Wildman–Crippen LogP) is 1.86. The Kier molecular flexibility index (Phi) is 5.74. The van der Waals surface area contributed by atoms with E-state index >= 15 is 0 Å². The number of hydrogen-bond acceptors (Lipinski definition) is 3. The number of nitrogens with zero attached hydrogens (tertiary/aromatic N) is 1. The zero-order valence-corrected chi connectivity index (χ0v) is 11.4. The number of ether oxygens (including phenoxy) is 1. The van der Waals surface area contributed by atoms with Gasteiger partial charge in [-0.3, -0.25) is 4.90 Å². The summed E-state index contributed by atoms with van der Waals surface area (Å²) in [6.45, 7) is 4.62. The van der Waals surface area contributed by atoms with E-state index in [0.717, 1.165) is 24.5 Å². The molecule has 1 aliphatic heterocycles. The lowest BCUT2D eigenvalue weighted by Crippen LogP contribution is -2.33. The van der Waals surface area contributed by atoms with Crippen LogP contribution in [0.15, 0.2) is 24.3 Å². The molecule has 3 nitrogen and oxygen atoms in total. The van der Waals surface area contributed by atoms with Crippen LogP contribution in [0.3, 0.4) is 0 Å². The van der Waals surface area contributed by atoms with Crippen molar-refractivity contribution in [1.82, 2.24) is 4.90 Å². The molecule has 1 aliphatic rings. The Labute approximate surface area is 115 Å². The molecule has 0 unspecified atom stereocenters. The number of piperidine rings is 1. The van der Waals surface area contributed by atoms with Crippen LogP contribution in [0.5, 0.6) is 5.75 Å². The summed E-state index contributed by atoms with van der Waals surface area (Å²) in [6, 6.07) is 7.88. The first-order valence-corrected chi connectivity index (χ1v) is 7.02. The summed E-state index contributed by atoms with van der Waals surface area (Å²) >= 11 is 0. The van der Waals surface area contributed by atoms with Gasteiger partial charge in [0.05, 0.1) is 6.54 Å². The van der Waals surface area contributed by atoms with Gasteiger partial charge in [-0.2, -0.15) is 0 Å². The molecule has 1 aromatic rings. The SMILES string of the molecule is NCC#Cc1ccc(OCCN2CCCCC2)cc1. The van der Waals surface area contributed by atoms with Gasteiger partial charge in [-0.15, -0.1) is 0 Å². The fourth-order valence-electron chi connectivity index (χ4n) is 2.26. The van der Waals surface area contributed by atoms with Crippen molar-refractivity contribution in [2.75, 3.05) is 32.8 Å². The van der Waals surface area contributed by atoms with E-state index in [1.807, 2.05) is 24.3 Å². The number of nitrogens with two attached hydrogens (primary N) is 1. The van der Waals surface area contributed by atoms with Crippen LogP contribution in [-0.4, -0.2) is 37.7 Å². The Bertz CT molecular complexity index is 424. The highest BCUT2D eigenvalue weighted by Crippen LogP contribution is 2.12. The largest absolute Gasteiger partial charge is 0.492 e. The van der Waals surface area contributed by atoms with Crippen LogP contribution in [0.1, 0.15) is 24.8 Å². The predicted molar refractivity (Wildman–Crippen MR) is 78.2 cm³/mol. The van der Waals surface area contributed by atoms with Gasteiger partial charge < -0.3 is 10.5 Å². The number of rotatable bonds is 4. The minimum atomic E-state index is 0.397. The van der Waals surface area contributed by atoms with Crippen molar-refractivity contribution in [3.05, 3.63) is 29.8 Å². The molecule has 1 aromatic carbocycles. The second-order valence-corrected chi connectivity index (χ2v) is 4.78. The third-order valence-corrected chi connectivity index (χ3v) is 3.31. The molecule has 2 rings (SSSR count). The molecule has 0 amide bonds. The molecule has 2 N–H and O–H groups in total. The summed E-state index contributed by atoms with van der Waals surface area (Å²) in [4.78, 5) is 2.48. The molecule has 0 aromatic heterocycles. The Hall–Kier alpha value is -1.50. The Morgan fingerprint density at radius 3 is 2.53 bits per heavy atom. The maximum atomic E-state index is 5.75. The average molecular weight is 258 g/mol. The minimum Gasteiger partial charge on any atom is -0.492 e. The summed E-state index contributed by atoms with van der Waals surface area (Å²) in [5.74, 6) is 6.75. The zero-order chi connectivity index (χ0) is 13.3. The quantitative estimate of drug-likeness (QED) is 0.838. The molecule has 1 fully saturated rings. The van der Waals surface area contributed by atoms with Crippen molar-refractivity contribution in [2.24, 2.45) is 5.73 Å². The van der Waals surface area contributed by atoms with Gasteiger partial charge >= 0.3 is 0 Å². The van der Waals surface area contributed by atoms with Crippen molar-refractivity contribution >= 4 is 0 Å². The van der Waals surface area contributed by atoms with Crippen LogP contribution in [0, 0.1) is 11.8 Å². The van der Waals surface area contributed by atoms with Crippen molar-refractivity contribution in [2.45, 2.75) is 19.3 Å². The van der Waals surface area contributed by atoms with Crippen LogP contribution in [0.2, 0.25) is 0 Å². The lowest BCUT2D eigenvalue weighted by atomic mass is 10.1. The van der Waals surface area contributed by atoms with E-state index in [0.29, 0.717) is 6.54 Å². The summed E-state index contributed by atoms with van der Waals surface area (Å²) < 4.78 is 5.75. The van der Waals surface area contributed by atoms with Crippen LogP contribution in [-0.2, 0) is 0 Å². The summed E-state index contributed by atoms with van der Waals surface area (Å²) in [5, 5.41) is 0. The molecular weight excluding hydrogens is 236 g/mol. The molecule has 0 bridgehead atoms. The van der Waals surface area contributed by atoms with Crippen molar-refractivity contribution in [3.63, 3.8) is 0 Å². The van der Waals surface area contributed by atoms with E-state index < -0.39 is 0 Å². The smallest absolute Gasteiger partial charge is 0.119 e. The van der Waals surface area contributed by atoms with Gasteiger partial charge in [-0.1, -0.05) is 18.3 Å². The molecule has 1 heterocycles. The summed E-state index contributed by atoms with van der Waals surface area (Å²) in [7, 11) is 0. The number of hydrogen-bond donors (Lipinski definition) is 1. The van der Waals surface area contributed by atoms with Crippen molar-refractivity contribution in [3.8, 4) is 17.6 Å². The highest BCUT2D eigenvalue weighted by molar-refractivity contribution is 5.38. The molecule has 3 heteroatoms. The summed E-state index contributed by atoms with van der Waals surface area (Å²) in [6.07, 6.45) is 4.03. The topological polar surface area (TPSA) is 38.5 Å². The lowest BCUT2D eigenvalue weighted by molar-refractivity contribution is 0.183. The third kappa shape index (κ3) is 4.94. The highest BCUT2D eigenvalue weighted by Gasteiger charge is 2.09. The fourth-order valence-corrected chi connectivity index (χ4v) is 2.26. The number of likely N-dealkylation sites (tertiary alicyclic amines) is 1. The van der Waals surface area contributed by atoms with E-state index in [1.165, 1.54) is 32.4 Å². The average Bonchev–Trinajstić information content (AvgIpc) is 2.47.